The quantitative estimate of drug-likeness (QED) is 0.807. The number of aromatic nitrogens is 1. The summed E-state index contributed by atoms with van der Waals surface area (Å²) in [7, 11) is 0. The van der Waals surface area contributed by atoms with Crippen LogP contribution in [0, 0.1) is 0 Å². The van der Waals surface area contributed by atoms with Crippen molar-refractivity contribution in [2.75, 3.05) is 17.6 Å². The smallest absolute Gasteiger partial charge is 0.410 e. The molecule has 2 aromatic rings. The van der Waals surface area contributed by atoms with Crippen LogP contribution in [0.15, 0.2) is 30.5 Å². The van der Waals surface area contributed by atoms with Crippen LogP contribution in [0.25, 0.3) is 10.9 Å². The summed E-state index contributed by atoms with van der Waals surface area (Å²) < 4.78 is 5.41. The van der Waals surface area contributed by atoms with Gasteiger partial charge in [-0.3, -0.25) is 9.69 Å². The van der Waals surface area contributed by atoms with Crippen molar-refractivity contribution in [1.82, 2.24) is 4.90 Å². The number of rotatable bonds is 2. The van der Waals surface area contributed by atoms with Gasteiger partial charge in [-0.15, -0.1) is 0 Å². The van der Waals surface area contributed by atoms with E-state index in [9.17, 15) is 9.59 Å². The Balaban J connectivity index is 1.77. The molecule has 2 amide bonds. The Bertz CT molecular complexity index is 844. The Labute approximate surface area is 152 Å². The molecule has 0 aliphatic carbocycles. The van der Waals surface area contributed by atoms with E-state index in [1.165, 1.54) is 4.90 Å². The van der Waals surface area contributed by atoms with E-state index in [2.05, 4.69) is 10.3 Å². The summed E-state index contributed by atoms with van der Waals surface area (Å²) in [5.41, 5.74) is 7.53. The van der Waals surface area contributed by atoms with Gasteiger partial charge in [0.1, 0.15) is 11.6 Å². The van der Waals surface area contributed by atoms with Crippen molar-refractivity contribution < 1.29 is 19.3 Å². The van der Waals surface area contributed by atoms with Crippen molar-refractivity contribution in [3.8, 4) is 0 Å². The minimum atomic E-state index is -0.597. The third-order valence-electron chi connectivity index (χ3n) is 4.33. The second kappa shape index (κ2) is 6.82. The lowest BCUT2D eigenvalue weighted by Crippen LogP contribution is -2.45. The molecule has 1 aliphatic rings. The minimum Gasteiger partial charge on any atom is -0.444 e. The summed E-state index contributed by atoms with van der Waals surface area (Å²) >= 11 is 0. The van der Waals surface area contributed by atoms with Crippen LogP contribution in [0.5, 0.6) is 0 Å². The molecule has 7 nitrogen and oxygen atoms in total. The molecule has 1 aromatic carbocycles. The van der Waals surface area contributed by atoms with Crippen molar-refractivity contribution in [2.24, 2.45) is 0 Å². The average Bonchev–Trinajstić information content (AvgIpc) is 3.06. The van der Waals surface area contributed by atoms with Gasteiger partial charge in [0, 0.05) is 18.7 Å². The van der Waals surface area contributed by atoms with Crippen LogP contribution in [0.3, 0.4) is 0 Å². The molecule has 138 valence electrons. The molecule has 4 N–H and O–H groups in total. The fraction of sp³-hybridized carbons (Fsp3) is 0.421. The summed E-state index contributed by atoms with van der Waals surface area (Å²) in [6.45, 7) is 5.93. The number of likely N-dealkylation sites (tertiary alicyclic amines) is 1. The van der Waals surface area contributed by atoms with Gasteiger partial charge < -0.3 is 15.8 Å². The number of anilines is 2. The molecule has 1 aliphatic heterocycles. The Hall–Kier alpha value is -2.83. The second-order valence-corrected chi connectivity index (χ2v) is 7.48. The number of amides is 2. The van der Waals surface area contributed by atoms with Crippen molar-refractivity contribution in [3.63, 3.8) is 0 Å². The molecule has 0 radical (unpaired) electrons. The maximum absolute atomic E-state index is 12.8. The molecule has 2 heterocycles. The monoisotopic (exact) mass is 357 g/mol. The van der Waals surface area contributed by atoms with Crippen molar-refractivity contribution in [3.05, 3.63) is 30.5 Å². The highest BCUT2D eigenvalue weighted by atomic mass is 16.6. The molecular weight excluding hydrogens is 332 g/mol. The van der Waals surface area contributed by atoms with Gasteiger partial charge in [-0.25, -0.2) is 9.78 Å². The molecule has 1 aromatic heterocycles. The maximum atomic E-state index is 12.8. The average molecular weight is 357 g/mol. The Morgan fingerprint density at radius 3 is 2.81 bits per heavy atom. The number of nitrogens with zero attached hydrogens (tertiary/aromatic N) is 1. The Morgan fingerprint density at radius 1 is 1.31 bits per heavy atom. The minimum absolute atomic E-state index is 0.251. The lowest BCUT2D eigenvalue weighted by atomic mass is 10.1. The summed E-state index contributed by atoms with van der Waals surface area (Å²) in [5, 5.41) is 3.70. The number of hydrogen-bond acceptors (Lipinski definition) is 4. The number of fused-ring (bicyclic) bond motifs is 1. The fourth-order valence-corrected chi connectivity index (χ4v) is 3.13. The van der Waals surface area contributed by atoms with Gasteiger partial charge in [0.15, 0.2) is 6.20 Å². The SMILES string of the molecule is CC(C)(C)OC(=O)N1CCCC1C(=O)Nc1ccc2[nH+]cccc2c1N. The first kappa shape index (κ1) is 18.0. The van der Waals surface area contributed by atoms with Gasteiger partial charge in [-0.2, -0.15) is 0 Å². The van der Waals surface area contributed by atoms with Crippen molar-refractivity contribution >= 4 is 34.3 Å². The first-order valence-electron chi connectivity index (χ1n) is 8.75. The molecule has 1 atom stereocenters. The number of carbonyl (C=O) groups excluding carboxylic acids is 2. The van der Waals surface area contributed by atoms with Crippen molar-refractivity contribution in [1.29, 1.82) is 0 Å². The summed E-state index contributed by atoms with van der Waals surface area (Å²) in [5.74, 6) is -0.251. The molecule has 26 heavy (non-hydrogen) atoms. The van der Waals surface area contributed by atoms with E-state index in [1.54, 1.807) is 6.07 Å². The third kappa shape index (κ3) is 3.71. The summed E-state index contributed by atoms with van der Waals surface area (Å²) in [6.07, 6.45) is 2.72. The van der Waals surface area contributed by atoms with Gasteiger partial charge in [0.05, 0.1) is 16.8 Å². The highest BCUT2D eigenvalue weighted by Gasteiger charge is 2.36. The molecule has 0 spiro atoms. The molecule has 3 rings (SSSR count). The topological polar surface area (TPSA) is 98.8 Å². The first-order valence-corrected chi connectivity index (χ1v) is 8.75. The molecule has 1 fully saturated rings. The van der Waals surface area contributed by atoms with Gasteiger partial charge in [0.2, 0.25) is 11.4 Å². The van der Waals surface area contributed by atoms with Gasteiger partial charge >= 0.3 is 6.09 Å². The Kier molecular flexibility index (Phi) is 4.71. The van der Waals surface area contributed by atoms with E-state index < -0.39 is 17.7 Å². The van der Waals surface area contributed by atoms with E-state index in [1.807, 2.05) is 45.2 Å². The van der Waals surface area contributed by atoms with Crippen LogP contribution in [-0.4, -0.2) is 35.1 Å². The van der Waals surface area contributed by atoms with Gasteiger partial charge in [0.25, 0.3) is 0 Å². The second-order valence-electron chi connectivity index (χ2n) is 7.48. The van der Waals surface area contributed by atoms with E-state index in [0.29, 0.717) is 24.3 Å². The summed E-state index contributed by atoms with van der Waals surface area (Å²) in [6, 6.07) is 6.81. The predicted molar refractivity (Wildman–Crippen MR) is 99.5 cm³/mol. The number of nitrogen functional groups attached to an aromatic ring is 1. The lowest BCUT2D eigenvalue weighted by Gasteiger charge is -2.28. The highest BCUT2D eigenvalue weighted by Crippen LogP contribution is 2.28. The molecule has 7 heteroatoms. The number of aromatic amines is 1. The van der Waals surface area contributed by atoms with E-state index in [0.717, 1.165) is 17.3 Å². The van der Waals surface area contributed by atoms with Crippen LogP contribution >= 0.6 is 0 Å². The van der Waals surface area contributed by atoms with Gasteiger partial charge in [-0.1, -0.05) is 0 Å². The van der Waals surface area contributed by atoms with Gasteiger partial charge in [-0.05, 0) is 45.7 Å². The molecule has 1 unspecified atom stereocenters. The van der Waals surface area contributed by atoms with Crippen LogP contribution in [0.1, 0.15) is 33.6 Å². The largest absolute Gasteiger partial charge is 0.444 e. The normalized spacial score (nSPS) is 17.3. The number of nitrogens with two attached hydrogens (primary N) is 1. The number of carbonyl (C=O) groups is 2. The Morgan fingerprint density at radius 2 is 2.08 bits per heavy atom. The predicted octanol–water partition coefficient (Wildman–Crippen LogP) is 2.57. The third-order valence-corrected chi connectivity index (χ3v) is 4.33. The highest BCUT2D eigenvalue weighted by molar-refractivity contribution is 6.04. The number of ether oxygens (including phenoxy) is 1. The van der Waals surface area contributed by atoms with E-state index in [4.69, 9.17) is 10.5 Å². The van der Waals surface area contributed by atoms with Crippen molar-refractivity contribution in [2.45, 2.75) is 45.3 Å². The number of hydrogen-bond donors (Lipinski definition) is 2. The summed E-state index contributed by atoms with van der Waals surface area (Å²) in [4.78, 5) is 29.7. The zero-order chi connectivity index (χ0) is 18.9. The molecule has 0 saturated carbocycles. The maximum Gasteiger partial charge on any atom is 0.410 e. The van der Waals surface area contributed by atoms with Crippen LogP contribution in [0.4, 0.5) is 16.2 Å². The zero-order valence-corrected chi connectivity index (χ0v) is 15.3. The standard InChI is InChI=1S/C19H24N4O3/c1-19(2,3)26-18(25)23-11-5-7-15(23)17(24)22-14-9-8-13-12(16(14)20)6-4-10-21-13/h4,6,8-10,15H,5,7,11,20H2,1-3H3,(H,22,24)/p+1. The zero-order valence-electron chi connectivity index (χ0n) is 15.3. The van der Waals surface area contributed by atoms with E-state index in [-0.39, 0.29) is 5.91 Å². The molecule has 1 saturated heterocycles. The molecular formula is C19H25N4O3+. The molecule has 0 bridgehead atoms. The van der Waals surface area contributed by atoms with Crippen LogP contribution in [-0.2, 0) is 9.53 Å². The van der Waals surface area contributed by atoms with Crippen LogP contribution in [0.2, 0.25) is 0 Å². The number of pyridine rings is 1. The van der Waals surface area contributed by atoms with E-state index >= 15 is 0 Å². The lowest BCUT2D eigenvalue weighted by molar-refractivity contribution is -0.344. The first-order chi connectivity index (χ1) is 12.3. The number of H-pyrrole nitrogens is 1. The fourth-order valence-electron chi connectivity index (χ4n) is 3.13. The van der Waals surface area contributed by atoms with Crippen LogP contribution < -0.4 is 16.0 Å². The number of nitrogens with one attached hydrogen (secondary N) is 2. The number of benzene rings is 1.